The van der Waals surface area contributed by atoms with E-state index >= 15 is 0 Å². The van der Waals surface area contributed by atoms with Gasteiger partial charge in [-0.25, -0.2) is 0 Å². The van der Waals surface area contributed by atoms with E-state index in [2.05, 4.69) is 0 Å². The topological polar surface area (TPSA) is 283 Å². The monoisotopic (exact) mass is 430 g/mol. The number of carbonyl (C=O) groups excluding carboxylic acids is 2. The van der Waals surface area contributed by atoms with Crippen LogP contribution in [-0.2, 0) is 9.59 Å². The number of hydrogen-bond donors (Lipinski definition) is 10. The van der Waals surface area contributed by atoms with Crippen molar-refractivity contribution in [3.05, 3.63) is 0 Å². The summed E-state index contributed by atoms with van der Waals surface area (Å²) in [5, 5.41) is 107. The number of hydrogen-bond acceptors (Lipinski definition) is 14. The molecule has 8 atom stereocenters. The van der Waals surface area contributed by atoms with Crippen LogP contribution in [0.1, 0.15) is 0 Å². The van der Waals surface area contributed by atoms with Gasteiger partial charge in [-0.1, -0.05) is 0 Å². The van der Waals surface area contributed by atoms with E-state index in [-0.39, 0.29) is 37.7 Å². The minimum Gasteiger partial charge on any atom is -0.547 e. The van der Waals surface area contributed by atoms with Gasteiger partial charge >= 0.3 is 37.7 Å². The van der Waals surface area contributed by atoms with E-state index in [1.807, 2.05) is 0 Å². The molecule has 0 unspecified atom stereocenters. The van der Waals surface area contributed by atoms with Crippen LogP contribution in [0.5, 0.6) is 0 Å². The van der Waals surface area contributed by atoms with Crippen LogP contribution in [0.15, 0.2) is 0 Å². The van der Waals surface area contributed by atoms with E-state index in [0.717, 1.165) is 0 Å². The van der Waals surface area contributed by atoms with E-state index < -0.39 is 74.0 Å². The Bertz CT molecular complexity index is 385. The molecule has 0 aromatic heterocycles. The van der Waals surface area contributed by atoms with Gasteiger partial charge in [0.15, 0.2) is 0 Å². The summed E-state index contributed by atoms with van der Waals surface area (Å²) in [5.74, 6) is -3.95. The van der Waals surface area contributed by atoms with Gasteiger partial charge in [0.05, 0.1) is 25.2 Å². The largest absolute Gasteiger partial charge is 2.00 e. The first-order chi connectivity index (χ1) is 11.8. The molecular formula is C12H22CaO14. The summed E-state index contributed by atoms with van der Waals surface area (Å²) in [6.07, 6.45) is -16.2. The Balaban J connectivity index is -0.000000411. The Morgan fingerprint density at radius 1 is 0.593 bits per heavy atom. The van der Waals surface area contributed by atoms with Gasteiger partial charge in [-0.3, -0.25) is 0 Å². The van der Waals surface area contributed by atoms with Gasteiger partial charge < -0.3 is 70.9 Å². The molecule has 0 aromatic carbocycles. The van der Waals surface area contributed by atoms with E-state index in [0.29, 0.717) is 0 Å². The zero-order chi connectivity index (χ0) is 21.2. The molecule has 27 heavy (non-hydrogen) atoms. The molecule has 0 saturated carbocycles. The van der Waals surface area contributed by atoms with Gasteiger partial charge in [-0.15, -0.1) is 0 Å². The minimum absolute atomic E-state index is 0. The van der Waals surface area contributed by atoms with Gasteiger partial charge in [0, 0.05) is 0 Å². The van der Waals surface area contributed by atoms with Crippen LogP contribution in [0, 0.1) is 0 Å². The second-order valence-corrected chi connectivity index (χ2v) is 4.99. The van der Waals surface area contributed by atoms with E-state index in [9.17, 15) is 19.8 Å². The third-order valence-electron chi connectivity index (χ3n) is 2.99. The molecule has 0 bridgehead atoms. The fourth-order valence-electron chi connectivity index (χ4n) is 1.32. The molecule has 0 heterocycles. The second-order valence-electron chi connectivity index (χ2n) is 4.99. The first kappa shape index (κ1) is 31.5. The number of aliphatic hydroxyl groups excluding tert-OH is 10. The van der Waals surface area contributed by atoms with Crippen molar-refractivity contribution in [2.24, 2.45) is 0 Å². The normalized spacial score (nSPS) is 19.6. The molecule has 0 aromatic rings. The van der Waals surface area contributed by atoms with Crippen molar-refractivity contribution in [1.82, 2.24) is 0 Å². The Hall–Kier alpha value is -0.200. The quantitative estimate of drug-likeness (QED) is 0.144. The molecule has 10 N–H and O–H groups in total. The summed E-state index contributed by atoms with van der Waals surface area (Å²) >= 11 is 0. The number of carboxylic acids is 2. The van der Waals surface area contributed by atoms with Crippen LogP contribution >= 0.6 is 0 Å². The van der Waals surface area contributed by atoms with Crippen LogP contribution < -0.4 is 10.2 Å². The number of carboxylic acid groups (broad SMARTS) is 2. The van der Waals surface area contributed by atoms with Gasteiger partial charge in [-0.2, -0.15) is 0 Å². The summed E-state index contributed by atoms with van der Waals surface area (Å²) in [5.41, 5.74) is 0. The van der Waals surface area contributed by atoms with Gasteiger partial charge in [0.1, 0.15) is 48.8 Å². The van der Waals surface area contributed by atoms with Crippen molar-refractivity contribution >= 4 is 49.7 Å². The van der Waals surface area contributed by atoms with Crippen molar-refractivity contribution in [1.29, 1.82) is 0 Å². The predicted octanol–water partition coefficient (Wildman–Crippen LogP) is -10.0. The van der Waals surface area contributed by atoms with Crippen LogP contribution in [0.3, 0.4) is 0 Å². The molecule has 156 valence electrons. The van der Waals surface area contributed by atoms with Crippen molar-refractivity contribution in [3.63, 3.8) is 0 Å². The second kappa shape index (κ2) is 15.7. The predicted molar refractivity (Wildman–Crippen MR) is 78.0 cm³/mol. The molecule has 0 radical (unpaired) electrons. The number of carbonyl (C=O) groups is 2. The maximum atomic E-state index is 9.98. The summed E-state index contributed by atoms with van der Waals surface area (Å²) < 4.78 is 0. The van der Waals surface area contributed by atoms with Crippen LogP contribution in [-0.4, -0.2) is 163 Å². The molecule has 0 saturated heterocycles. The average molecular weight is 430 g/mol. The van der Waals surface area contributed by atoms with E-state index in [4.69, 9.17) is 51.1 Å². The Morgan fingerprint density at radius 3 is 0.963 bits per heavy atom. The minimum atomic E-state index is -2.31. The SMILES string of the molecule is O=C([O-])[C@@H](O)[C@H](O)[C@H](O)[C@H](O)CO.O=C([O-])[C@@H](O)[C@H](O)[C@H](O)[C@H](O)CO.[Ca+2]. The third-order valence-corrected chi connectivity index (χ3v) is 2.99. The maximum Gasteiger partial charge on any atom is 2.00 e. The van der Waals surface area contributed by atoms with Gasteiger partial charge in [0.25, 0.3) is 0 Å². The summed E-state index contributed by atoms with van der Waals surface area (Å²) in [7, 11) is 0. The summed E-state index contributed by atoms with van der Waals surface area (Å²) in [6, 6.07) is 0. The number of aliphatic hydroxyl groups is 10. The number of rotatable bonds is 10. The van der Waals surface area contributed by atoms with Crippen LogP contribution in [0.25, 0.3) is 0 Å². The zero-order valence-corrected chi connectivity index (χ0v) is 16.1. The molecule has 0 aliphatic rings. The molecule has 0 rings (SSSR count). The molecule has 14 nitrogen and oxygen atoms in total. The Labute approximate surface area is 182 Å². The van der Waals surface area contributed by atoms with Crippen molar-refractivity contribution in [2.45, 2.75) is 48.8 Å². The zero-order valence-electron chi connectivity index (χ0n) is 13.8. The van der Waals surface area contributed by atoms with E-state index in [1.54, 1.807) is 0 Å². The van der Waals surface area contributed by atoms with Gasteiger partial charge in [0.2, 0.25) is 0 Å². The first-order valence-electron chi connectivity index (χ1n) is 6.91. The standard InChI is InChI=1S/2C6H12O7.Ca/c2*7-1-2(8)3(9)4(10)5(11)6(12)13;/h2*2-5,7-11H,1H2,(H,12,13);/q;;+2/p-2/t2*2-,3-,4-,5+;/m11./s1. The number of aliphatic carboxylic acids is 2. The Kier molecular flexibility index (Phi) is 18.3. The van der Waals surface area contributed by atoms with Crippen molar-refractivity contribution < 1.29 is 70.9 Å². The molecule has 15 heteroatoms. The molecular weight excluding hydrogens is 408 g/mol. The van der Waals surface area contributed by atoms with E-state index in [1.165, 1.54) is 0 Å². The smallest absolute Gasteiger partial charge is 0.547 e. The first-order valence-corrected chi connectivity index (χ1v) is 6.91. The van der Waals surface area contributed by atoms with Crippen LogP contribution in [0.4, 0.5) is 0 Å². The van der Waals surface area contributed by atoms with Crippen molar-refractivity contribution in [2.75, 3.05) is 13.2 Å². The molecule has 0 fully saturated rings. The van der Waals surface area contributed by atoms with Crippen LogP contribution in [0.2, 0.25) is 0 Å². The van der Waals surface area contributed by atoms with Crippen molar-refractivity contribution in [3.8, 4) is 0 Å². The average Bonchev–Trinajstić information content (AvgIpc) is 2.62. The molecule has 0 spiro atoms. The summed E-state index contributed by atoms with van der Waals surface area (Å²) in [4.78, 5) is 20.0. The fraction of sp³-hybridized carbons (Fsp3) is 0.833. The third kappa shape index (κ3) is 11.4. The van der Waals surface area contributed by atoms with Gasteiger partial charge in [-0.05, 0) is 0 Å². The molecule has 0 aliphatic heterocycles. The Morgan fingerprint density at radius 2 is 0.815 bits per heavy atom. The molecule has 0 aliphatic carbocycles. The fourth-order valence-corrected chi connectivity index (χ4v) is 1.32. The summed E-state index contributed by atoms with van der Waals surface area (Å²) in [6.45, 7) is -1.73. The maximum absolute atomic E-state index is 9.98. The molecule has 0 amide bonds.